The first kappa shape index (κ1) is 11.0. The van der Waals surface area contributed by atoms with E-state index in [1.807, 2.05) is 0 Å². The second kappa shape index (κ2) is 6.68. The van der Waals surface area contributed by atoms with Crippen molar-refractivity contribution in [2.75, 3.05) is 13.1 Å². The van der Waals surface area contributed by atoms with Gasteiger partial charge in [0.15, 0.2) is 0 Å². The van der Waals surface area contributed by atoms with Gasteiger partial charge < -0.3 is 5.32 Å². The number of halogens is 1. The highest BCUT2D eigenvalue weighted by molar-refractivity contribution is 5.85. The third-order valence-electron chi connectivity index (χ3n) is 2.03. The van der Waals surface area contributed by atoms with Gasteiger partial charge in [-0.3, -0.25) is 0 Å². The molecule has 0 aliphatic carbocycles. The predicted octanol–water partition coefficient (Wildman–Crippen LogP) is 2.37. The van der Waals surface area contributed by atoms with Crippen LogP contribution >= 0.6 is 12.4 Å². The zero-order valence-electron chi connectivity index (χ0n) is 7.18. The standard InChI is InChI=1S/C9H17N.ClH/c1-2-3-4-9-5-7-10-8-6-9;/h3-4,9-10H,2,5-8H2,1H3;1H/b4-3-;. The Kier molecular flexibility index (Phi) is 6.68. The molecule has 2 heteroatoms. The molecule has 0 amide bonds. The fraction of sp³-hybridized carbons (Fsp3) is 0.778. The lowest BCUT2D eigenvalue weighted by Crippen LogP contribution is -2.26. The average molecular weight is 176 g/mol. The minimum absolute atomic E-state index is 0. The molecule has 1 saturated heterocycles. The highest BCUT2D eigenvalue weighted by atomic mass is 35.5. The van der Waals surface area contributed by atoms with Crippen LogP contribution in [0, 0.1) is 5.92 Å². The largest absolute Gasteiger partial charge is 0.317 e. The maximum atomic E-state index is 3.36. The minimum Gasteiger partial charge on any atom is -0.317 e. The van der Waals surface area contributed by atoms with Crippen molar-refractivity contribution in [3.05, 3.63) is 12.2 Å². The molecular weight excluding hydrogens is 158 g/mol. The van der Waals surface area contributed by atoms with Crippen LogP contribution < -0.4 is 5.32 Å². The summed E-state index contributed by atoms with van der Waals surface area (Å²) in [6, 6.07) is 0. The van der Waals surface area contributed by atoms with Gasteiger partial charge in [0.25, 0.3) is 0 Å². The van der Waals surface area contributed by atoms with E-state index in [2.05, 4.69) is 24.4 Å². The molecular formula is C9H18ClN. The first-order chi connectivity index (χ1) is 4.93. The molecule has 0 saturated carbocycles. The van der Waals surface area contributed by atoms with Crippen LogP contribution in [-0.4, -0.2) is 13.1 Å². The molecule has 1 aliphatic rings. The molecule has 0 atom stereocenters. The molecule has 0 bridgehead atoms. The molecule has 1 aliphatic heterocycles. The van der Waals surface area contributed by atoms with Gasteiger partial charge in [-0.25, -0.2) is 0 Å². The van der Waals surface area contributed by atoms with E-state index in [1.54, 1.807) is 0 Å². The highest BCUT2D eigenvalue weighted by Gasteiger charge is 2.07. The number of hydrogen-bond donors (Lipinski definition) is 1. The Morgan fingerprint density at radius 1 is 1.36 bits per heavy atom. The SMILES string of the molecule is CC/C=C\C1CCNCC1.Cl. The van der Waals surface area contributed by atoms with E-state index in [0.29, 0.717) is 0 Å². The fourth-order valence-corrected chi connectivity index (χ4v) is 1.37. The molecule has 0 unspecified atom stereocenters. The van der Waals surface area contributed by atoms with Crippen LogP contribution in [-0.2, 0) is 0 Å². The summed E-state index contributed by atoms with van der Waals surface area (Å²) in [6.07, 6.45) is 8.51. The number of allylic oxidation sites excluding steroid dienone is 2. The van der Waals surface area contributed by atoms with Gasteiger partial charge in [0.2, 0.25) is 0 Å². The van der Waals surface area contributed by atoms with E-state index >= 15 is 0 Å². The lowest BCUT2D eigenvalue weighted by Gasteiger charge is -2.18. The fourth-order valence-electron chi connectivity index (χ4n) is 1.37. The lowest BCUT2D eigenvalue weighted by molar-refractivity contribution is 0.436. The molecule has 0 radical (unpaired) electrons. The van der Waals surface area contributed by atoms with Crippen LogP contribution in [0.15, 0.2) is 12.2 Å². The average Bonchev–Trinajstić information content (AvgIpc) is 2.03. The first-order valence-corrected chi connectivity index (χ1v) is 4.31. The minimum atomic E-state index is 0. The third kappa shape index (κ3) is 4.44. The topological polar surface area (TPSA) is 12.0 Å². The Morgan fingerprint density at radius 2 is 2.00 bits per heavy atom. The summed E-state index contributed by atoms with van der Waals surface area (Å²) in [5.41, 5.74) is 0. The zero-order valence-corrected chi connectivity index (χ0v) is 7.99. The molecule has 1 heterocycles. The van der Waals surface area contributed by atoms with Crippen molar-refractivity contribution in [1.82, 2.24) is 5.32 Å². The third-order valence-corrected chi connectivity index (χ3v) is 2.03. The molecule has 0 aromatic carbocycles. The summed E-state index contributed by atoms with van der Waals surface area (Å²) in [7, 11) is 0. The summed E-state index contributed by atoms with van der Waals surface area (Å²) in [6.45, 7) is 4.61. The van der Waals surface area contributed by atoms with Gasteiger partial charge in [-0.05, 0) is 38.3 Å². The zero-order chi connectivity index (χ0) is 7.23. The Bertz CT molecular complexity index is 106. The van der Waals surface area contributed by atoms with Gasteiger partial charge in [-0.15, -0.1) is 12.4 Å². The molecule has 66 valence electrons. The van der Waals surface area contributed by atoms with E-state index in [9.17, 15) is 0 Å². The summed E-state index contributed by atoms with van der Waals surface area (Å²) in [4.78, 5) is 0. The Labute approximate surface area is 75.7 Å². The van der Waals surface area contributed by atoms with Gasteiger partial charge in [0.1, 0.15) is 0 Å². The van der Waals surface area contributed by atoms with Gasteiger partial charge in [0.05, 0.1) is 0 Å². The van der Waals surface area contributed by atoms with E-state index in [-0.39, 0.29) is 12.4 Å². The van der Waals surface area contributed by atoms with Crippen molar-refractivity contribution in [3.63, 3.8) is 0 Å². The van der Waals surface area contributed by atoms with Crippen LogP contribution in [0.5, 0.6) is 0 Å². The Balaban J connectivity index is 0.000001000. The van der Waals surface area contributed by atoms with Crippen molar-refractivity contribution in [2.24, 2.45) is 5.92 Å². The maximum absolute atomic E-state index is 3.36. The van der Waals surface area contributed by atoms with Crippen molar-refractivity contribution in [3.8, 4) is 0 Å². The van der Waals surface area contributed by atoms with E-state index in [0.717, 1.165) is 5.92 Å². The van der Waals surface area contributed by atoms with Gasteiger partial charge in [-0.2, -0.15) is 0 Å². The van der Waals surface area contributed by atoms with Gasteiger partial charge in [-0.1, -0.05) is 19.1 Å². The van der Waals surface area contributed by atoms with Crippen LogP contribution in [0.4, 0.5) is 0 Å². The van der Waals surface area contributed by atoms with E-state index < -0.39 is 0 Å². The van der Waals surface area contributed by atoms with E-state index in [4.69, 9.17) is 0 Å². The highest BCUT2D eigenvalue weighted by Crippen LogP contribution is 2.12. The second-order valence-electron chi connectivity index (χ2n) is 2.92. The van der Waals surface area contributed by atoms with Crippen LogP contribution in [0.2, 0.25) is 0 Å². The lowest BCUT2D eigenvalue weighted by atomic mass is 9.98. The summed E-state index contributed by atoms with van der Waals surface area (Å²) < 4.78 is 0. The molecule has 11 heavy (non-hydrogen) atoms. The molecule has 1 N–H and O–H groups in total. The summed E-state index contributed by atoms with van der Waals surface area (Å²) >= 11 is 0. The smallest absolute Gasteiger partial charge is 0.00433 e. The number of hydrogen-bond acceptors (Lipinski definition) is 1. The number of rotatable bonds is 2. The van der Waals surface area contributed by atoms with Crippen molar-refractivity contribution in [1.29, 1.82) is 0 Å². The first-order valence-electron chi connectivity index (χ1n) is 4.31. The molecule has 0 aromatic heterocycles. The molecule has 1 fully saturated rings. The molecule has 1 nitrogen and oxygen atoms in total. The van der Waals surface area contributed by atoms with Crippen LogP contribution in [0.1, 0.15) is 26.2 Å². The van der Waals surface area contributed by atoms with Gasteiger partial charge in [0, 0.05) is 0 Å². The second-order valence-corrected chi connectivity index (χ2v) is 2.92. The monoisotopic (exact) mass is 175 g/mol. The summed E-state index contributed by atoms with van der Waals surface area (Å²) in [5.74, 6) is 0.862. The Hall–Kier alpha value is -0.0100. The van der Waals surface area contributed by atoms with Crippen LogP contribution in [0.25, 0.3) is 0 Å². The summed E-state index contributed by atoms with van der Waals surface area (Å²) in [5, 5.41) is 3.36. The normalized spacial score (nSPS) is 20.1. The Morgan fingerprint density at radius 3 is 2.55 bits per heavy atom. The van der Waals surface area contributed by atoms with Crippen molar-refractivity contribution >= 4 is 12.4 Å². The molecule has 1 rings (SSSR count). The van der Waals surface area contributed by atoms with Crippen molar-refractivity contribution in [2.45, 2.75) is 26.2 Å². The van der Waals surface area contributed by atoms with Crippen molar-refractivity contribution < 1.29 is 0 Å². The predicted molar refractivity (Wildman–Crippen MR) is 52.3 cm³/mol. The quantitative estimate of drug-likeness (QED) is 0.636. The number of piperidine rings is 1. The molecule has 0 spiro atoms. The van der Waals surface area contributed by atoms with E-state index in [1.165, 1.54) is 32.4 Å². The maximum Gasteiger partial charge on any atom is -0.00433 e. The molecule has 0 aromatic rings. The van der Waals surface area contributed by atoms with Gasteiger partial charge >= 0.3 is 0 Å². The van der Waals surface area contributed by atoms with Crippen LogP contribution in [0.3, 0.4) is 0 Å². The number of nitrogens with one attached hydrogen (secondary N) is 1.